The molecule has 0 saturated carbocycles. The van der Waals surface area contributed by atoms with Crippen molar-refractivity contribution in [3.8, 4) is 0 Å². The summed E-state index contributed by atoms with van der Waals surface area (Å²) in [6.07, 6.45) is 6.15. The first-order valence-corrected chi connectivity index (χ1v) is 10.4. The van der Waals surface area contributed by atoms with Crippen molar-refractivity contribution in [1.29, 1.82) is 0 Å². The van der Waals surface area contributed by atoms with Crippen molar-refractivity contribution in [1.82, 2.24) is 24.6 Å². The quantitative estimate of drug-likeness (QED) is 0.740. The van der Waals surface area contributed by atoms with Crippen LogP contribution in [0.3, 0.4) is 0 Å². The molecule has 2 unspecified atom stereocenters. The van der Waals surface area contributed by atoms with Crippen LogP contribution in [0.15, 0.2) is 36.5 Å². The molecule has 1 fully saturated rings. The molecule has 2 atom stereocenters. The van der Waals surface area contributed by atoms with Crippen molar-refractivity contribution in [3.05, 3.63) is 53.7 Å². The van der Waals surface area contributed by atoms with E-state index in [4.69, 9.17) is 0 Å². The van der Waals surface area contributed by atoms with Crippen LogP contribution in [0.4, 0.5) is 0 Å². The van der Waals surface area contributed by atoms with E-state index < -0.39 is 6.10 Å². The fourth-order valence-electron chi connectivity index (χ4n) is 4.62. The van der Waals surface area contributed by atoms with Crippen molar-refractivity contribution in [2.75, 3.05) is 13.1 Å². The maximum Gasteiger partial charge on any atom is 0.291 e. The van der Waals surface area contributed by atoms with Gasteiger partial charge in [-0.25, -0.2) is 0 Å². The predicted octanol–water partition coefficient (Wildman–Crippen LogP) is 2.23. The predicted molar refractivity (Wildman–Crippen MR) is 108 cm³/mol. The van der Waals surface area contributed by atoms with Gasteiger partial charge in [-0.15, -0.1) is 10.2 Å². The number of aliphatic hydroxyl groups excluding tert-OH is 1. The molecule has 7 nitrogen and oxygen atoms in total. The summed E-state index contributed by atoms with van der Waals surface area (Å²) in [5.41, 5.74) is 2.11. The minimum Gasteiger partial charge on any atom is -0.391 e. The SMILES string of the molecule is O=C(c1nnc2n1CCCCC2)N1CC(O)C(Cc2ccnc3ccccc23)C1. The molecule has 0 radical (unpaired) electrons. The minimum atomic E-state index is -0.544. The Kier molecular flexibility index (Phi) is 4.75. The maximum absolute atomic E-state index is 13.1. The lowest BCUT2D eigenvalue weighted by molar-refractivity contribution is 0.0747. The van der Waals surface area contributed by atoms with E-state index >= 15 is 0 Å². The Morgan fingerprint density at radius 3 is 2.93 bits per heavy atom. The number of hydrogen-bond acceptors (Lipinski definition) is 5. The Labute approximate surface area is 169 Å². The van der Waals surface area contributed by atoms with Crippen LogP contribution in [0.5, 0.6) is 0 Å². The number of rotatable bonds is 3. The zero-order chi connectivity index (χ0) is 19.8. The zero-order valence-electron chi connectivity index (χ0n) is 16.4. The van der Waals surface area contributed by atoms with Gasteiger partial charge in [-0.3, -0.25) is 9.78 Å². The van der Waals surface area contributed by atoms with Crippen molar-refractivity contribution in [3.63, 3.8) is 0 Å². The number of aryl methyl sites for hydroxylation is 1. The van der Waals surface area contributed by atoms with Gasteiger partial charge in [0.15, 0.2) is 0 Å². The first-order valence-electron chi connectivity index (χ1n) is 10.4. The highest BCUT2D eigenvalue weighted by Crippen LogP contribution is 2.26. The molecule has 2 aliphatic heterocycles. The Morgan fingerprint density at radius 1 is 1.10 bits per heavy atom. The molecular formula is C22H25N5O2. The molecular weight excluding hydrogens is 366 g/mol. The number of aliphatic hydroxyl groups is 1. The molecule has 1 saturated heterocycles. The third-order valence-corrected chi connectivity index (χ3v) is 6.22. The fourth-order valence-corrected chi connectivity index (χ4v) is 4.62. The van der Waals surface area contributed by atoms with Crippen molar-refractivity contribution >= 4 is 16.8 Å². The summed E-state index contributed by atoms with van der Waals surface area (Å²) in [5.74, 6) is 1.21. The highest BCUT2D eigenvalue weighted by atomic mass is 16.3. The smallest absolute Gasteiger partial charge is 0.291 e. The summed E-state index contributed by atoms with van der Waals surface area (Å²) in [6, 6.07) is 10.1. The van der Waals surface area contributed by atoms with Crippen LogP contribution in [0.25, 0.3) is 10.9 Å². The van der Waals surface area contributed by atoms with Crippen molar-refractivity contribution < 1.29 is 9.90 Å². The average molecular weight is 391 g/mol. The molecule has 2 aliphatic rings. The van der Waals surface area contributed by atoms with Gasteiger partial charge >= 0.3 is 0 Å². The molecule has 3 aromatic rings. The van der Waals surface area contributed by atoms with E-state index in [9.17, 15) is 9.90 Å². The van der Waals surface area contributed by atoms with Gasteiger partial charge in [0.05, 0.1) is 11.6 Å². The Hall–Kier alpha value is -2.80. The lowest BCUT2D eigenvalue weighted by Gasteiger charge is -2.17. The molecule has 1 N–H and O–H groups in total. The highest BCUT2D eigenvalue weighted by molar-refractivity contribution is 5.91. The van der Waals surface area contributed by atoms with Gasteiger partial charge < -0.3 is 14.6 Å². The molecule has 7 heteroatoms. The van der Waals surface area contributed by atoms with Crippen LogP contribution in [-0.4, -0.2) is 54.9 Å². The highest BCUT2D eigenvalue weighted by Gasteiger charge is 2.36. The summed E-state index contributed by atoms with van der Waals surface area (Å²) >= 11 is 0. The monoisotopic (exact) mass is 391 g/mol. The second-order valence-corrected chi connectivity index (χ2v) is 8.13. The fraction of sp³-hybridized carbons (Fsp3) is 0.455. The maximum atomic E-state index is 13.1. The van der Waals surface area contributed by atoms with Crippen LogP contribution in [0.1, 0.15) is 41.3 Å². The van der Waals surface area contributed by atoms with Crippen LogP contribution in [-0.2, 0) is 19.4 Å². The molecule has 1 aromatic carbocycles. The lowest BCUT2D eigenvalue weighted by Crippen LogP contribution is -2.32. The second-order valence-electron chi connectivity index (χ2n) is 8.13. The van der Waals surface area contributed by atoms with E-state index in [1.54, 1.807) is 4.90 Å². The van der Waals surface area contributed by atoms with Gasteiger partial charge in [0.25, 0.3) is 5.91 Å². The number of hydrogen-bond donors (Lipinski definition) is 1. The van der Waals surface area contributed by atoms with Crippen LogP contribution < -0.4 is 0 Å². The van der Waals surface area contributed by atoms with Crippen LogP contribution in [0, 0.1) is 5.92 Å². The van der Waals surface area contributed by atoms with Gasteiger partial charge in [0, 0.05) is 43.6 Å². The normalized spacial score (nSPS) is 21.9. The molecule has 0 spiro atoms. The average Bonchev–Trinajstić information content (AvgIpc) is 3.23. The summed E-state index contributed by atoms with van der Waals surface area (Å²) in [4.78, 5) is 19.3. The summed E-state index contributed by atoms with van der Waals surface area (Å²) < 4.78 is 1.98. The molecule has 2 aromatic heterocycles. The molecule has 0 aliphatic carbocycles. The third-order valence-electron chi connectivity index (χ3n) is 6.22. The van der Waals surface area contributed by atoms with Gasteiger partial charge in [-0.1, -0.05) is 24.6 Å². The number of carbonyl (C=O) groups excluding carboxylic acids is 1. The minimum absolute atomic E-state index is 0.00344. The standard InChI is InChI=1S/C22H25N5O2/c28-19-14-26(22(29)21-25-24-20-8-2-1-5-11-27(20)21)13-16(19)12-15-9-10-23-18-7-4-3-6-17(15)18/h3-4,6-7,9-10,16,19,28H,1-2,5,8,11-14H2. The topological polar surface area (TPSA) is 84.1 Å². The Morgan fingerprint density at radius 2 is 2.00 bits per heavy atom. The van der Waals surface area contributed by atoms with Gasteiger partial charge in [-0.05, 0) is 37.0 Å². The number of amides is 1. The molecule has 5 rings (SSSR count). The van der Waals surface area contributed by atoms with Gasteiger partial charge in [0.1, 0.15) is 5.82 Å². The largest absolute Gasteiger partial charge is 0.391 e. The van der Waals surface area contributed by atoms with E-state index in [0.29, 0.717) is 25.3 Å². The van der Waals surface area contributed by atoms with E-state index in [-0.39, 0.29) is 11.8 Å². The Bertz CT molecular complexity index is 1040. The Balaban J connectivity index is 1.34. The van der Waals surface area contributed by atoms with Crippen molar-refractivity contribution in [2.45, 2.75) is 44.8 Å². The van der Waals surface area contributed by atoms with Crippen molar-refractivity contribution in [2.24, 2.45) is 5.92 Å². The number of pyridine rings is 1. The molecule has 0 bridgehead atoms. The van der Waals surface area contributed by atoms with Gasteiger partial charge in [-0.2, -0.15) is 0 Å². The number of carbonyl (C=O) groups is 1. The lowest BCUT2D eigenvalue weighted by atomic mass is 9.94. The third kappa shape index (κ3) is 3.40. The van der Waals surface area contributed by atoms with E-state index in [0.717, 1.165) is 54.5 Å². The summed E-state index contributed by atoms with van der Waals surface area (Å²) in [5, 5.41) is 20.2. The number of para-hydroxylation sites is 1. The van der Waals surface area contributed by atoms with E-state index in [1.165, 1.54) is 0 Å². The first kappa shape index (κ1) is 18.2. The number of likely N-dealkylation sites (tertiary alicyclic amines) is 1. The number of aromatic nitrogens is 4. The molecule has 150 valence electrons. The summed E-state index contributed by atoms with van der Waals surface area (Å²) in [6.45, 7) is 1.67. The number of β-amino-alcohol motifs (C(OH)–C–C–N with tert-alkyl or cyclic N) is 1. The number of nitrogens with zero attached hydrogens (tertiary/aromatic N) is 5. The van der Waals surface area contributed by atoms with E-state index in [1.807, 2.05) is 35.0 Å². The second kappa shape index (κ2) is 7.55. The zero-order valence-corrected chi connectivity index (χ0v) is 16.4. The number of benzene rings is 1. The van der Waals surface area contributed by atoms with Gasteiger partial charge in [0.2, 0.25) is 5.82 Å². The molecule has 4 heterocycles. The molecule has 1 amide bonds. The van der Waals surface area contributed by atoms with Crippen LogP contribution in [0.2, 0.25) is 0 Å². The van der Waals surface area contributed by atoms with E-state index in [2.05, 4.69) is 21.2 Å². The van der Waals surface area contributed by atoms with Crippen LogP contribution >= 0.6 is 0 Å². The first-order chi connectivity index (χ1) is 14.2. The summed E-state index contributed by atoms with van der Waals surface area (Å²) in [7, 11) is 0. The molecule has 29 heavy (non-hydrogen) atoms. The number of fused-ring (bicyclic) bond motifs is 2.